The number of piperidine rings is 1. The highest BCUT2D eigenvalue weighted by Crippen LogP contribution is 2.41. The zero-order valence-electron chi connectivity index (χ0n) is 18.0. The summed E-state index contributed by atoms with van der Waals surface area (Å²) < 4.78 is 11.0. The number of benzene rings is 1. The molecule has 0 amide bonds. The molecule has 1 aliphatic heterocycles. The number of nitro benzene ring substituents is 1. The monoisotopic (exact) mass is 392 g/mol. The highest BCUT2D eigenvalue weighted by Gasteiger charge is 2.36. The van der Waals surface area contributed by atoms with Gasteiger partial charge in [0.25, 0.3) is 5.69 Å². The lowest BCUT2D eigenvalue weighted by molar-refractivity contribution is -0.385. The molecule has 0 N–H and O–H groups in total. The molecule has 7 nitrogen and oxygen atoms in total. The van der Waals surface area contributed by atoms with Gasteiger partial charge in [-0.05, 0) is 52.0 Å². The standard InChI is InChI=1S/C21H32N2O5/c1-14-15(23(25)26)8-9-16(22-12-10-21(5,6)11-13-22)17(14)18(19(24)27-7)28-20(2,3)4/h8-9,18H,10-13H2,1-7H3. The Balaban J connectivity index is 2.61. The number of hydrogen-bond donors (Lipinski definition) is 0. The Morgan fingerprint density at radius 2 is 1.82 bits per heavy atom. The first-order valence-corrected chi connectivity index (χ1v) is 9.65. The molecule has 2 rings (SSSR count). The maximum Gasteiger partial charge on any atom is 0.339 e. The maximum atomic E-state index is 12.6. The van der Waals surface area contributed by atoms with Crippen LogP contribution >= 0.6 is 0 Å². The number of nitrogens with zero attached hydrogens (tertiary/aromatic N) is 2. The predicted molar refractivity (Wildman–Crippen MR) is 109 cm³/mol. The molecular weight excluding hydrogens is 360 g/mol. The van der Waals surface area contributed by atoms with Crippen LogP contribution < -0.4 is 4.90 Å². The minimum Gasteiger partial charge on any atom is -0.467 e. The Hall–Kier alpha value is -2.15. The van der Waals surface area contributed by atoms with E-state index in [4.69, 9.17) is 9.47 Å². The van der Waals surface area contributed by atoms with Crippen LogP contribution in [-0.4, -0.2) is 36.7 Å². The third kappa shape index (κ3) is 5.01. The van der Waals surface area contributed by atoms with Gasteiger partial charge in [-0.2, -0.15) is 0 Å². The van der Waals surface area contributed by atoms with Crippen molar-refractivity contribution in [1.29, 1.82) is 0 Å². The summed E-state index contributed by atoms with van der Waals surface area (Å²) in [5.74, 6) is -0.558. The fraction of sp³-hybridized carbons (Fsp3) is 0.667. The van der Waals surface area contributed by atoms with E-state index in [0.29, 0.717) is 11.1 Å². The van der Waals surface area contributed by atoms with Crippen molar-refractivity contribution in [3.05, 3.63) is 33.4 Å². The van der Waals surface area contributed by atoms with Gasteiger partial charge in [-0.3, -0.25) is 10.1 Å². The molecule has 7 heteroatoms. The number of rotatable bonds is 5. The van der Waals surface area contributed by atoms with Gasteiger partial charge in [-0.1, -0.05) is 13.8 Å². The molecule has 1 unspecified atom stereocenters. The topological polar surface area (TPSA) is 81.9 Å². The lowest BCUT2D eigenvalue weighted by Crippen LogP contribution is -2.39. The second-order valence-electron chi connectivity index (χ2n) is 9.18. The van der Waals surface area contributed by atoms with Gasteiger partial charge in [0.1, 0.15) is 0 Å². The van der Waals surface area contributed by atoms with Crippen LogP contribution in [-0.2, 0) is 14.3 Å². The quantitative estimate of drug-likeness (QED) is 0.415. The zero-order chi connectivity index (χ0) is 21.3. The molecule has 28 heavy (non-hydrogen) atoms. The van der Waals surface area contributed by atoms with Crippen LogP contribution in [0.3, 0.4) is 0 Å². The van der Waals surface area contributed by atoms with Gasteiger partial charge < -0.3 is 14.4 Å². The van der Waals surface area contributed by atoms with Gasteiger partial charge in [-0.25, -0.2) is 4.79 Å². The Morgan fingerprint density at radius 3 is 2.29 bits per heavy atom. The fourth-order valence-electron chi connectivity index (χ4n) is 3.55. The summed E-state index contributed by atoms with van der Waals surface area (Å²) >= 11 is 0. The summed E-state index contributed by atoms with van der Waals surface area (Å²) in [4.78, 5) is 25.9. The molecule has 156 valence electrons. The average Bonchev–Trinajstić information content (AvgIpc) is 2.58. The van der Waals surface area contributed by atoms with Crippen molar-refractivity contribution in [1.82, 2.24) is 0 Å². The van der Waals surface area contributed by atoms with Crippen LogP contribution in [0.2, 0.25) is 0 Å². The molecule has 1 aliphatic rings. The van der Waals surface area contributed by atoms with Crippen LogP contribution in [0.1, 0.15) is 64.7 Å². The summed E-state index contributed by atoms with van der Waals surface area (Å²) in [6.45, 7) is 13.3. The molecule has 1 atom stereocenters. The largest absolute Gasteiger partial charge is 0.467 e. The van der Waals surface area contributed by atoms with Crippen LogP contribution in [0, 0.1) is 22.5 Å². The first-order chi connectivity index (χ1) is 12.9. The lowest BCUT2D eigenvalue weighted by Gasteiger charge is -2.40. The van der Waals surface area contributed by atoms with Crippen molar-refractivity contribution in [3.8, 4) is 0 Å². The molecule has 0 bridgehead atoms. The van der Waals surface area contributed by atoms with E-state index in [2.05, 4.69) is 18.7 Å². The molecule has 0 spiro atoms. The van der Waals surface area contributed by atoms with Crippen molar-refractivity contribution in [2.24, 2.45) is 5.41 Å². The number of hydrogen-bond acceptors (Lipinski definition) is 6. The van der Waals surface area contributed by atoms with Gasteiger partial charge in [0.15, 0.2) is 6.10 Å². The molecule has 1 aromatic carbocycles. The molecule has 0 aliphatic carbocycles. The molecule has 1 aromatic rings. The van der Waals surface area contributed by atoms with E-state index in [1.165, 1.54) is 13.2 Å². The van der Waals surface area contributed by atoms with Crippen molar-refractivity contribution in [3.63, 3.8) is 0 Å². The smallest absolute Gasteiger partial charge is 0.339 e. The summed E-state index contributed by atoms with van der Waals surface area (Å²) in [5.41, 5.74) is 1.37. The highest BCUT2D eigenvalue weighted by molar-refractivity contribution is 5.81. The van der Waals surface area contributed by atoms with Gasteiger partial charge in [0.05, 0.1) is 17.6 Å². The number of anilines is 1. The van der Waals surface area contributed by atoms with Crippen molar-refractivity contribution in [2.45, 2.75) is 66.1 Å². The molecule has 1 heterocycles. The first kappa shape index (κ1) is 22.1. The van der Waals surface area contributed by atoms with Crippen LogP contribution in [0.5, 0.6) is 0 Å². The fourth-order valence-corrected chi connectivity index (χ4v) is 3.55. The summed E-state index contributed by atoms with van der Waals surface area (Å²) in [6, 6.07) is 3.25. The zero-order valence-corrected chi connectivity index (χ0v) is 18.0. The third-order valence-electron chi connectivity index (χ3n) is 5.27. The number of ether oxygens (including phenoxy) is 2. The van der Waals surface area contributed by atoms with Crippen molar-refractivity contribution in [2.75, 3.05) is 25.1 Å². The Kier molecular flexibility index (Phi) is 6.38. The highest BCUT2D eigenvalue weighted by atomic mass is 16.6. The number of nitro groups is 1. The van der Waals surface area contributed by atoms with E-state index in [0.717, 1.165) is 31.6 Å². The molecular formula is C21H32N2O5. The van der Waals surface area contributed by atoms with E-state index in [-0.39, 0.29) is 11.1 Å². The molecule has 0 radical (unpaired) electrons. The normalized spacial score (nSPS) is 17.9. The average molecular weight is 392 g/mol. The van der Waals surface area contributed by atoms with E-state index in [1.54, 1.807) is 13.0 Å². The lowest BCUT2D eigenvalue weighted by atomic mass is 9.82. The third-order valence-corrected chi connectivity index (χ3v) is 5.27. The number of carbonyl (C=O) groups excluding carboxylic acids is 1. The predicted octanol–water partition coefficient (Wildman–Crippen LogP) is 4.56. The summed E-state index contributed by atoms with van der Waals surface area (Å²) in [7, 11) is 1.30. The van der Waals surface area contributed by atoms with Crippen molar-refractivity contribution >= 4 is 17.3 Å². The minimum absolute atomic E-state index is 0.0255. The SMILES string of the molecule is COC(=O)C(OC(C)(C)C)c1c(N2CCC(C)(C)CC2)ccc([N+](=O)[O-])c1C. The molecule has 1 saturated heterocycles. The van der Waals surface area contributed by atoms with Gasteiger partial charge in [0, 0.05) is 36.0 Å². The molecule has 0 saturated carbocycles. The number of esters is 1. The first-order valence-electron chi connectivity index (χ1n) is 9.65. The van der Waals surface area contributed by atoms with Crippen LogP contribution in [0.25, 0.3) is 0 Å². The Morgan fingerprint density at radius 1 is 1.25 bits per heavy atom. The van der Waals surface area contributed by atoms with Crippen molar-refractivity contribution < 1.29 is 19.2 Å². The molecule has 1 fully saturated rings. The number of carbonyl (C=O) groups is 1. The second kappa shape index (κ2) is 8.07. The van der Waals surface area contributed by atoms with Crippen LogP contribution in [0.15, 0.2) is 12.1 Å². The van der Waals surface area contributed by atoms with E-state index >= 15 is 0 Å². The maximum absolute atomic E-state index is 12.6. The minimum atomic E-state index is -1.03. The van der Waals surface area contributed by atoms with E-state index in [9.17, 15) is 14.9 Å². The van der Waals surface area contributed by atoms with Crippen LogP contribution in [0.4, 0.5) is 11.4 Å². The van der Waals surface area contributed by atoms with E-state index < -0.39 is 22.6 Å². The van der Waals surface area contributed by atoms with Gasteiger partial charge in [-0.15, -0.1) is 0 Å². The Labute approximate surface area is 167 Å². The van der Waals surface area contributed by atoms with E-state index in [1.807, 2.05) is 20.8 Å². The Bertz CT molecular complexity index is 742. The molecule has 0 aromatic heterocycles. The summed E-state index contributed by atoms with van der Waals surface area (Å²) in [5, 5.41) is 11.5. The summed E-state index contributed by atoms with van der Waals surface area (Å²) in [6.07, 6.45) is 0.978. The van der Waals surface area contributed by atoms with Gasteiger partial charge >= 0.3 is 5.97 Å². The van der Waals surface area contributed by atoms with Gasteiger partial charge in [0.2, 0.25) is 0 Å². The number of methoxy groups -OCH3 is 1. The second-order valence-corrected chi connectivity index (χ2v) is 9.18.